The number of ether oxygens (including phenoxy) is 2. The molecular weight excluding hydrogens is 356 g/mol. The van der Waals surface area contributed by atoms with Crippen LogP contribution in [0.5, 0.6) is 5.75 Å². The van der Waals surface area contributed by atoms with Crippen LogP contribution in [0.1, 0.15) is 22.8 Å². The Labute approximate surface area is 154 Å². The Morgan fingerprint density at radius 1 is 1.19 bits per heavy atom. The number of anilines is 1. The minimum Gasteiger partial charge on any atom is -0.494 e. The van der Waals surface area contributed by atoms with Gasteiger partial charge < -0.3 is 20.5 Å². The zero-order valence-electron chi connectivity index (χ0n) is 14.1. The van der Waals surface area contributed by atoms with Gasteiger partial charge in [-0.2, -0.15) is 0 Å². The van der Waals surface area contributed by atoms with E-state index in [0.717, 1.165) is 22.6 Å². The quantitative estimate of drug-likeness (QED) is 0.545. The molecule has 26 heavy (non-hydrogen) atoms. The Morgan fingerprint density at radius 2 is 1.92 bits per heavy atom. The molecule has 0 aliphatic carbocycles. The molecule has 136 valence electrons. The SMILES string of the molecule is CCOc1ccc(/C=C/C(=O)OCC(=O)Nc2sccc2C(N)=O)cc1. The number of carbonyl (C=O) groups is 3. The fourth-order valence-electron chi connectivity index (χ4n) is 1.95. The minimum absolute atomic E-state index is 0.213. The number of hydrogen-bond acceptors (Lipinski definition) is 6. The summed E-state index contributed by atoms with van der Waals surface area (Å²) in [6, 6.07) is 8.68. The number of esters is 1. The summed E-state index contributed by atoms with van der Waals surface area (Å²) in [4.78, 5) is 34.7. The lowest BCUT2D eigenvalue weighted by molar-refractivity contribution is -0.142. The van der Waals surface area contributed by atoms with Gasteiger partial charge in [0, 0.05) is 6.08 Å². The Balaban J connectivity index is 1.81. The normalized spacial score (nSPS) is 10.5. The number of hydrogen-bond donors (Lipinski definition) is 2. The van der Waals surface area contributed by atoms with Gasteiger partial charge in [-0.3, -0.25) is 9.59 Å². The molecule has 0 aliphatic rings. The highest BCUT2D eigenvalue weighted by molar-refractivity contribution is 7.14. The zero-order chi connectivity index (χ0) is 18.9. The number of rotatable bonds is 8. The number of nitrogens with two attached hydrogens (primary N) is 1. The van der Waals surface area contributed by atoms with Crippen LogP contribution in [-0.2, 0) is 14.3 Å². The van der Waals surface area contributed by atoms with Crippen LogP contribution in [-0.4, -0.2) is 31.0 Å². The first-order valence-electron chi connectivity index (χ1n) is 7.74. The number of amides is 2. The monoisotopic (exact) mass is 374 g/mol. The summed E-state index contributed by atoms with van der Waals surface area (Å²) in [5.41, 5.74) is 6.20. The third-order valence-electron chi connectivity index (χ3n) is 3.13. The van der Waals surface area contributed by atoms with Crippen LogP contribution < -0.4 is 15.8 Å². The van der Waals surface area contributed by atoms with E-state index < -0.39 is 24.4 Å². The van der Waals surface area contributed by atoms with Gasteiger partial charge in [0.2, 0.25) is 0 Å². The van der Waals surface area contributed by atoms with E-state index in [1.54, 1.807) is 35.7 Å². The molecule has 0 radical (unpaired) electrons. The third kappa shape index (κ3) is 5.75. The van der Waals surface area contributed by atoms with Crippen LogP contribution in [0.25, 0.3) is 6.08 Å². The average molecular weight is 374 g/mol. The zero-order valence-corrected chi connectivity index (χ0v) is 14.9. The highest BCUT2D eigenvalue weighted by atomic mass is 32.1. The molecule has 0 saturated heterocycles. The average Bonchev–Trinajstić information content (AvgIpc) is 3.08. The molecule has 2 amide bonds. The first kappa shape index (κ1) is 19.2. The molecule has 3 N–H and O–H groups in total. The molecule has 0 fully saturated rings. The molecule has 0 spiro atoms. The van der Waals surface area contributed by atoms with Crippen molar-refractivity contribution in [1.29, 1.82) is 0 Å². The fourth-order valence-corrected chi connectivity index (χ4v) is 2.76. The van der Waals surface area contributed by atoms with Crippen molar-refractivity contribution in [2.24, 2.45) is 5.73 Å². The summed E-state index contributed by atoms with van der Waals surface area (Å²) in [7, 11) is 0. The van der Waals surface area contributed by atoms with Crippen LogP contribution in [0.4, 0.5) is 5.00 Å². The first-order chi connectivity index (χ1) is 12.5. The maximum atomic E-state index is 11.8. The molecule has 0 bridgehead atoms. The summed E-state index contributed by atoms with van der Waals surface area (Å²) in [6.07, 6.45) is 2.80. The van der Waals surface area contributed by atoms with E-state index in [4.69, 9.17) is 15.2 Å². The summed E-state index contributed by atoms with van der Waals surface area (Å²) in [6.45, 7) is 2.01. The van der Waals surface area contributed by atoms with Crippen LogP contribution in [0.3, 0.4) is 0 Å². The Morgan fingerprint density at radius 3 is 2.58 bits per heavy atom. The molecule has 1 aromatic carbocycles. The van der Waals surface area contributed by atoms with E-state index in [9.17, 15) is 14.4 Å². The Kier molecular flexibility index (Phi) is 6.92. The topological polar surface area (TPSA) is 108 Å². The van der Waals surface area contributed by atoms with E-state index in [0.29, 0.717) is 11.6 Å². The second-order valence-electron chi connectivity index (χ2n) is 5.02. The van der Waals surface area contributed by atoms with Crippen molar-refractivity contribution in [1.82, 2.24) is 0 Å². The molecule has 0 atom stereocenters. The van der Waals surface area contributed by atoms with Crippen LogP contribution in [0, 0.1) is 0 Å². The molecule has 7 nitrogen and oxygen atoms in total. The number of carbonyl (C=O) groups excluding carboxylic acids is 3. The minimum atomic E-state index is -0.657. The van der Waals surface area contributed by atoms with Crippen molar-refractivity contribution >= 4 is 40.2 Å². The van der Waals surface area contributed by atoms with Gasteiger partial charge in [0.05, 0.1) is 12.2 Å². The van der Waals surface area contributed by atoms with Gasteiger partial charge in [-0.15, -0.1) is 11.3 Å². The van der Waals surface area contributed by atoms with Gasteiger partial charge in [-0.25, -0.2) is 4.79 Å². The van der Waals surface area contributed by atoms with Crippen LogP contribution in [0.15, 0.2) is 41.8 Å². The molecule has 1 aromatic heterocycles. The van der Waals surface area contributed by atoms with Gasteiger partial charge in [0.15, 0.2) is 6.61 Å². The molecule has 0 aliphatic heterocycles. The van der Waals surface area contributed by atoms with Crippen molar-refractivity contribution in [3.8, 4) is 5.75 Å². The largest absolute Gasteiger partial charge is 0.494 e. The van der Waals surface area contributed by atoms with Gasteiger partial charge in [0.25, 0.3) is 11.8 Å². The van der Waals surface area contributed by atoms with Crippen molar-refractivity contribution in [3.63, 3.8) is 0 Å². The third-order valence-corrected chi connectivity index (χ3v) is 3.96. The van der Waals surface area contributed by atoms with Gasteiger partial charge in [0.1, 0.15) is 10.8 Å². The van der Waals surface area contributed by atoms with E-state index in [1.165, 1.54) is 12.1 Å². The number of benzene rings is 1. The highest BCUT2D eigenvalue weighted by Crippen LogP contribution is 2.22. The second kappa shape index (κ2) is 9.38. The van der Waals surface area contributed by atoms with E-state index in [2.05, 4.69) is 5.32 Å². The molecule has 2 rings (SSSR count). The summed E-state index contributed by atoms with van der Waals surface area (Å²) >= 11 is 1.16. The standard InChI is InChI=1S/C18H18N2O5S/c1-2-24-13-6-3-12(4-7-13)5-8-16(22)25-11-15(21)20-18-14(17(19)23)9-10-26-18/h3-10H,2,11H2,1H3,(H2,19,23)(H,20,21)/b8-5+. The van der Waals surface area contributed by atoms with Crippen molar-refractivity contribution in [3.05, 3.63) is 52.9 Å². The molecule has 0 unspecified atom stereocenters. The molecule has 1 heterocycles. The van der Waals surface area contributed by atoms with E-state index in [-0.39, 0.29) is 5.56 Å². The van der Waals surface area contributed by atoms with E-state index in [1.807, 2.05) is 6.92 Å². The van der Waals surface area contributed by atoms with Gasteiger partial charge >= 0.3 is 5.97 Å². The first-order valence-corrected chi connectivity index (χ1v) is 8.62. The smallest absolute Gasteiger partial charge is 0.331 e. The molecule has 0 saturated carbocycles. The molecular formula is C18H18N2O5S. The number of thiophene rings is 1. The fraction of sp³-hybridized carbons (Fsp3) is 0.167. The predicted octanol–water partition coefficient (Wildman–Crippen LogP) is 2.44. The van der Waals surface area contributed by atoms with Gasteiger partial charge in [-0.05, 0) is 42.1 Å². The second-order valence-corrected chi connectivity index (χ2v) is 5.94. The van der Waals surface area contributed by atoms with Crippen molar-refractivity contribution in [2.45, 2.75) is 6.92 Å². The molecule has 8 heteroatoms. The van der Waals surface area contributed by atoms with E-state index >= 15 is 0 Å². The number of primary amides is 1. The van der Waals surface area contributed by atoms with Crippen molar-refractivity contribution < 1.29 is 23.9 Å². The van der Waals surface area contributed by atoms with Crippen molar-refractivity contribution in [2.75, 3.05) is 18.5 Å². The van der Waals surface area contributed by atoms with Gasteiger partial charge in [-0.1, -0.05) is 12.1 Å². The molecule has 2 aromatic rings. The Bertz CT molecular complexity index is 811. The lowest BCUT2D eigenvalue weighted by Crippen LogP contribution is -2.21. The van der Waals surface area contributed by atoms with Crippen LogP contribution in [0.2, 0.25) is 0 Å². The number of nitrogens with one attached hydrogen (secondary N) is 1. The Hall–Kier alpha value is -3.13. The predicted molar refractivity (Wildman–Crippen MR) is 99.1 cm³/mol. The summed E-state index contributed by atoms with van der Waals surface area (Å²) in [5.74, 6) is -1.11. The maximum Gasteiger partial charge on any atom is 0.331 e. The van der Waals surface area contributed by atoms with Crippen LogP contribution >= 0.6 is 11.3 Å². The maximum absolute atomic E-state index is 11.8. The lowest BCUT2D eigenvalue weighted by atomic mass is 10.2. The summed E-state index contributed by atoms with van der Waals surface area (Å²) < 4.78 is 10.2. The summed E-state index contributed by atoms with van der Waals surface area (Å²) in [5, 5.41) is 4.43. The lowest BCUT2D eigenvalue weighted by Gasteiger charge is -2.05. The highest BCUT2D eigenvalue weighted by Gasteiger charge is 2.13.